The van der Waals surface area contributed by atoms with Gasteiger partial charge in [-0.1, -0.05) is 6.07 Å². The second-order valence-corrected chi connectivity index (χ2v) is 6.94. The third kappa shape index (κ3) is 3.78. The molecule has 1 aromatic carbocycles. The number of nitro benzene ring substituents is 1. The van der Waals surface area contributed by atoms with Crippen LogP contribution in [0.1, 0.15) is 18.4 Å². The minimum absolute atomic E-state index is 0.0266. The van der Waals surface area contributed by atoms with Gasteiger partial charge in [-0.05, 0) is 44.8 Å². The van der Waals surface area contributed by atoms with Crippen molar-refractivity contribution in [2.45, 2.75) is 24.7 Å². The molecule has 1 unspecified atom stereocenters. The van der Waals surface area contributed by atoms with Crippen molar-refractivity contribution in [3.8, 4) is 0 Å². The third-order valence-electron chi connectivity index (χ3n) is 3.75. The molecule has 1 aliphatic heterocycles. The molecule has 1 aliphatic rings. The number of hydrogen-bond donors (Lipinski definition) is 2. The van der Waals surface area contributed by atoms with Crippen molar-refractivity contribution < 1.29 is 13.3 Å². The average molecular weight is 313 g/mol. The van der Waals surface area contributed by atoms with Gasteiger partial charge in [0.15, 0.2) is 0 Å². The second kappa shape index (κ2) is 6.50. The summed E-state index contributed by atoms with van der Waals surface area (Å²) in [7, 11) is -3.71. The fourth-order valence-corrected chi connectivity index (χ4v) is 3.84. The van der Waals surface area contributed by atoms with E-state index < -0.39 is 14.9 Å². The van der Waals surface area contributed by atoms with Gasteiger partial charge in [0, 0.05) is 18.2 Å². The summed E-state index contributed by atoms with van der Waals surface area (Å²) in [5, 5.41) is 14.1. The molecule has 8 heteroatoms. The number of nitrogens with one attached hydrogen (secondary N) is 2. The minimum Gasteiger partial charge on any atom is -0.316 e. The minimum atomic E-state index is -3.71. The molecule has 1 heterocycles. The predicted octanol–water partition coefficient (Wildman–Crippen LogP) is 1.18. The van der Waals surface area contributed by atoms with E-state index in [4.69, 9.17) is 0 Å². The Morgan fingerprint density at radius 1 is 1.48 bits per heavy atom. The molecule has 1 saturated heterocycles. The molecule has 0 amide bonds. The van der Waals surface area contributed by atoms with E-state index in [0.717, 1.165) is 25.9 Å². The summed E-state index contributed by atoms with van der Waals surface area (Å²) in [4.78, 5) is 10.3. The molecule has 0 radical (unpaired) electrons. The number of benzene rings is 1. The fraction of sp³-hybridized carbons (Fsp3) is 0.538. The van der Waals surface area contributed by atoms with Crippen molar-refractivity contribution >= 4 is 15.7 Å². The van der Waals surface area contributed by atoms with Crippen LogP contribution in [-0.4, -0.2) is 33.0 Å². The van der Waals surface area contributed by atoms with Gasteiger partial charge in [-0.3, -0.25) is 10.1 Å². The standard InChI is InChI=1S/C13H19N3O4S/c1-10-12(16(17)18)3-2-4-13(10)21(19,20)15-8-6-11-5-7-14-9-11/h2-4,11,14-15H,5-9H2,1H3. The Morgan fingerprint density at radius 2 is 2.24 bits per heavy atom. The van der Waals surface area contributed by atoms with Crippen LogP contribution in [0, 0.1) is 23.0 Å². The Labute approximate surface area is 123 Å². The van der Waals surface area contributed by atoms with Crippen LogP contribution in [0.25, 0.3) is 0 Å². The van der Waals surface area contributed by atoms with Crippen molar-refractivity contribution in [3.63, 3.8) is 0 Å². The normalized spacial score (nSPS) is 18.8. The smallest absolute Gasteiger partial charge is 0.273 e. The van der Waals surface area contributed by atoms with Crippen LogP contribution in [0.4, 0.5) is 5.69 Å². The molecular weight excluding hydrogens is 294 g/mol. The van der Waals surface area contributed by atoms with Crippen molar-refractivity contribution in [3.05, 3.63) is 33.9 Å². The maximum atomic E-state index is 12.3. The van der Waals surface area contributed by atoms with Gasteiger partial charge in [-0.15, -0.1) is 0 Å². The maximum absolute atomic E-state index is 12.3. The van der Waals surface area contributed by atoms with E-state index in [1.165, 1.54) is 25.1 Å². The lowest BCUT2D eigenvalue weighted by molar-refractivity contribution is -0.385. The van der Waals surface area contributed by atoms with Gasteiger partial charge in [0.05, 0.1) is 9.82 Å². The molecular formula is C13H19N3O4S. The topological polar surface area (TPSA) is 101 Å². The third-order valence-corrected chi connectivity index (χ3v) is 5.35. The second-order valence-electron chi connectivity index (χ2n) is 5.20. The molecule has 1 fully saturated rings. The average Bonchev–Trinajstić information content (AvgIpc) is 2.91. The summed E-state index contributed by atoms with van der Waals surface area (Å²) in [5.74, 6) is 0.485. The van der Waals surface area contributed by atoms with Crippen molar-refractivity contribution in [1.29, 1.82) is 0 Å². The maximum Gasteiger partial charge on any atom is 0.273 e. The summed E-state index contributed by atoms with van der Waals surface area (Å²) in [6.07, 6.45) is 1.82. The fourth-order valence-electron chi connectivity index (χ4n) is 2.53. The summed E-state index contributed by atoms with van der Waals surface area (Å²) < 4.78 is 27.0. The highest BCUT2D eigenvalue weighted by Gasteiger charge is 2.23. The van der Waals surface area contributed by atoms with E-state index in [2.05, 4.69) is 10.0 Å². The van der Waals surface area contributed by atoms with Crippen LogP contribution >= 0.6 is 0 Å². The summed E-state index contributed by atoms with van der Waals surface area (Å²) in [5.41, 5.74) is -0.0181. The molecule has 2 rings (SSSR count). The van der Waals surface area contributed by atoms with Gasteiger partial charge in [-0.2, -0.15) is 0 Å². The lowest BCUT2D eigenvalue weighted by atomic mass is 10.1. The van der Waals surface area contributed by atoms with Gasteiger partial charge < -0.3 is 5.32 Å². The van der Waals surface area contributed by atoms with E-state index in [-0.39, 0.29) is 16.1 Å². The number of nitro groups is 1. The first-order chi connectivity index (χ1) is 9.92. The van der Waals surface area contributed by atoms with Gasteiger partial charge >= 0.3 is 0 Å². The highest BCUT2D eigenvalue weighted by Crippen LogP contribution is 2.24. The van der Waals surface area contributed by atoms with Crippen LogP contribution in [0.3, 0.4) is 0 Å². The number of hydrogen-bond acceptors (Lipinski definition) is 5. The highest BCUT2D eigenvalue weighted by atomic mass is 32.2. The molecule has 0 saturated carbocycles. The molecule has 0 aliphatic carbocycles. The first-order valence-electron chi connectivity index (χ1n) is 6.86. The zero-order chi connectivity index (χ0) is 15.5. The van der Waals surface area contributed by atoms with Crippen molar-refractivity contribution in [2.75, 3.05) is 19.6 Å². The molecule has 7 nitrogen and oxygen atoms in total. The molecule has 1 aromatic rings. The largest absolute Gasteiger partial charge is 0.316 e. The van der Waals surface area contributed by atoms with Crippen LogP contribution in [0.2, 0.25) is 0 Å². The Bertz CT molecular complexity index is 624. The van der Waals surface area contributed by atoms with Crippen molar-refractivity contribution in [2.24, 2.45) is 5.92 Å². The summed E-state index contributed by atoms with van der Waals surface area (Å²) in [6, 6.07) is 4.08. The van der Waals surface area contributed by atoms with Gasteiger partial charge in [0.25, 0.3) is 5.69 Å². The first-order valence-corrected chi connectivity index (χ1v) is 8.34. The lowest BCUT2D eigenvalue weighted by Gasteiger charge is -2.11. The van der Waals surface area contributed by atoms with Crippen molar-refractivity contribution in [1.82, 2.24) is 10.0 Å². The Kier molecular flexibility index (Phi) is 4.92. The molecule has 0 spiro atoms. The molecule has 0 aromatic heterocycles. The SMILES string of the molecule is Cc1c([N+](=O)[O-])cccc1S(=O)(=O)NCCC1CCNC1. The molecule has 1 atom stereocenters. The zero-order valence-electron chi connectivity index (χ0n) is 11.8. The predicted molar refractivity (Wildman–Crippen MR) is 78.6 cm³/mol. The van der Waals surface area contributed by atoms with E-state index >= 15 is 0 Å². The first kappa shape index (κ1) is 15.9. The van der Waals surface area contributed by atoms with Gasteiger partial charge in [0.1, 0.15) is 0 Å². The van der Waals surface area contributed by atoms with E-state index in [1.54, 1.807) is 0 Å². The van der Waals surface area contributed by atoms with E-state index in [0.29, 0.717) is 12.5 Å². The number of rotatable bonds is 6. The van der Waals surface area contributed by atoms with Crippen LogP contribution in [0.5, 0.6) is 0 Å². The number of nitrogens with zero attached hydrogens (tertiary/aromatic N) is 1. The Morgan fingerprint density at radius 3 is 2.86 bits per heavy atom. The van der Waals surface area contributed by atoms with E-state index in [1.807, 2.05) is 0 Å². The zero-order valence-corrected chi connectivity index (χ0v) is 12.6. The number of sulfonamides is 1. The molecule has 0 bridgehead atoms. The molecule has 2 N–H and O–H groups in total. The quantitative estimate of drug-likeness (QED) is 0.606. The summed E-state index contributed by atoms with van der Waals surface area (Å²) >= 11 is 0. The van der Waals surface area contributed by atoms with E-state index in [9.17, 15) is 18.5 Å². The Balaban J connectivity index is 2.08. The lowest BCUT2D eigenvalue weighted by Crippen LogP contribution is -2.27. The molecule has 116 valence electrons. The van der Waals surface area contributed by atoms with Crippen LogP contribution in [-0.2, 0) is 10.0 Å². The molecule has 21 heavy (non-hydrogen) atoms. The van der Waals surface area contributed by atoms with Crippen LogP contribution in [0.15, 0.2) is 23.1 Å². The van der Waals surface area contributed by atoms with Gasteiger partial charge in [0.2, 0.25) is 10.0 Å². The highest BCUT2D eigenvalue weighted by molar-refractivity contribution is 7.89. The van der Waals surface area contributed by atoms with Gasteiger partial charge in [-0.25, -0.2) is 13.1 Å². The summed E-state index contributed by atoms with van der Waals surface area (Å²) in [6.45, 7) is 3.68. The van der Waals surface area contributed by atoms with Crippen LogP contribution < -0.4 is 10.0 Å². The Hall–Kier alpha value is -1.51. The monoisotopic (exact) mass is 313 g/mol.